The normalized spacial score (nSPS) is 10.8. The topological polar surface area (TPSA) is 47.0 Å². The summed E-state index contributed by atoms with van der Waals surface area (Å²) in [5.74, 6) is 0.444. The minimum atomic E-state index is -0.329. The first-order valence-electron chi connectivity index (χ1n) is 7.83. The number of carbonyl (C=O) groups is 1. The number of hydrogen-bond donors (Lipinski definition) is 0. The maximum atomic E-state index is 12.9. The molecule has 0 unspecified atom stereocenters. The van der Waals surface area contributed by atoms with Gasteiger partial charge >= 0.3 is 0 Å². The van der Waals surface area contributed by atoms with E-state index in [-0.39, 0.29) is 11.6 Å². The smallest absolute Gasteiger partial charge is 0.169 e. The van der Waals surface area contributed by atoms with Crippen molar-refractivity contribution in [1.29, 1.82) is 0 Å². The highest BCUT2D eigenvalue weighted by atomic mass is 19.1. The fourth-order valence-corrected chi connectivity index (χ4v) is 2.47. The van der Waals surface area contributed by atoms with Crippen molar-refractivity contribution >= 4 is 5.78 Å². The molecule has 122 valence electrons. The Bertz CT molecular complexity index is 823. The summed E-state index contributed by atoms with van der Waals surface area (Å²) in [6.45, 7) is 2.62. The zero-order chi connectivity index (χ0) is 16.9. The Morgan fingerprint density at radius 1 is 1.17 bits per heavy atom. The van der Waals surface area contributed by atoms with Crippen LogP contribution in [0.2, 0.25) is 0 Å². The second-order valence-corrected chi connectivity index (χ2v) is 5.69. The van der Waals surface area contributed by atoms with Crippen LogP contribution in [0.5, 0.6) is 0 Å². The molecule has 4 nitrogen and oxygen atoms in total. The summed E-state index contributed by atoms with van der Waals surface area (Å²) >= 11 is 0. The molecule has 0 aliphatic rings. The maximum Gasteiger partial charge on any atom is 0.169 e. The molecule has 0 saturated carbocycles. The number of ketones is 1. The van der Waals surface area contributed by atoms with Gasteiger partial charge in [0.2, 0.25) is 0 Å². The van der Waals surface area contributed by atoms with Gasteiger partial charge in [0, 0.05) is 42.2 Å². The fraction of sp³-hybridized carbons (Fsp3) is 0.211. The van der Waals surface area contributed by atoms with Crippen LogP contribution < -0.4 is 4.57 Å². The van der Waals surface area contributed by atoms with Gasteiger partial charge in [-0.2, -0.15) is 0 Å². The molecule has 0 aliphatic heterocycles. The van der Waals surface area contributed by atoms with E-state index in [1.165, 1.54) is 24.3 Å². The van der Waals surface area contributed by atoms with E-state index >= 15 is 0 Å². The second kappa shape index (κ2) is 7.17. The van der Waals surface area contributed by atoms with Crippen molar-refractivity contribution in [2.45, 2.75) is 26.3 Å². The van der Waals surface area contributed by atoms with Crippen molar-refractivity contribution in [2.75, 3.05) is 0 Å². The number of aryl methyl sites for hydroxylation is 2. The van der Waals surface area contributed by atoms with Crippen molar-refractivity contribution in [2.24, 2.45) is 0 Å². The van der Waals surface area contributed by atoms with Gasteiger partial charge in [-0.3, -0.25) is 4.79 Å². The molecule has 0 N–H and O–H groups in total. The minimum absolute atomic E-state index is 0.0318. The second-order valence-electron chi connectivity index (χ2n) is 5.69. The molecule has 3 rings (SSSR count). The average Bonchev–Trinajstić information content (AvgIpc) is 3.02. The van der Waals surface area contributed by atoms with Gasteiger partial charge in [0.05, 0.1) is 5.69 Å². The molecule has 0 atom stereocenters. The Kier molecular flexibility index (Phi) is 4.79. The molecule has 0 aliphatic carbocycles. The Morgan fingerprint density at radius 3 is 2.50 bits per heavy atom. The molecule has 2 heterocycles. The third-order valence-electron chi connectivity index (χ3n) is 3.79. The monoisotopic (exact) mass is 325 g/mol. The summed E-state index contributed by atoms with van der Waals surface area (Å²) in [5, 5.41) is 3.88. The van der Waals surface area contributed by atoms with Crippen LogP contribution in [0.25, 0.3) is 11.3 Å². The van der Waals surface area contributed by atoms with Crippen LogP contribution >= 0.6 is 0 Å². The van der Waals surface area contributed by atoms with E-state index in [0.29, 0.717) is 12.0 Å². The summed E-state index contributed by atoms with van der Waals surface area (Å²) in [5.41, 5.74) is 2.37. The van der Waals surface area contributed by atoms with Crippen molar-refractivity contribution in [3.05, 3.63) is 71.9 Å². The Labute approximate surface area is 139 Å². The standard InChI is InChI=1S/C19H18FN2O2/c1-14-13-19(24-21-14)16-8-11-22(12-9-16)10-2-3-18(23)15-4-6-17(20)7-5-15/h4-9,11-13H,2-3,10H2,1H3/q+1. The lowest BCUT2D eigenvalue weighted by Crippen LogP contribution is -2.32. The van der Waals surface area contributed by atoms with E-state index in [1.807, 2.05) is 42.1 Å². The van der Waals surface area contributed by atoms with Gasteiger partial charge in [0.25, 0.3) is 0 Å². The summed E-state index contributed by atoms with van der Waals surface area (Å²) in [6.07, 6.45) is 5.06. The number of halogens is 1. The third kappa shape index (κ3) is 3.93. The van der Waals surface area contributed by atoms with E-state index in [9.17, 15) is 9.18 Å². The molecule has 2 aromatic heterocycles. The predicted molar refractivity (Wildman–Crippen MR) is 86.8 cm³/mol. The van der Waals surface area contributed by atoms with Crippen LogP contribution in [0.3, 0.4) is 0 Å². The molecule has 24 heavy (non-hydrogen) atoms. The van der Waals surface area contributed by atoms with E-state index in [0.717, 1.165) is 30.0 Å². The number of pyridine rings is 1. The van der Waals surface area contributed by atoms with Gasteiger partial charge in [0.1, 0.15) is 12.4 Å². The predicted octanol–water partition coefficient (Wildman–Crippen LogP) is 3.74. The van der Waals surface area contributed by atoms with Gasteiger partial charge in [-0.1, -0.05) is 5.16 Å². The van der Waals surface area contributed by atoms with Crippen LogP contribution in [-0.4, -0.2) is 10.9 Å². The van der Waals surface area contributed by atoms with Crippen LogP contribution in [0.15, 0.2) is 59.4 Å². The lowest BCUT2D eigenvalue weighted by atomic mass is 10.1. The number of hydrogen-bond acceptors (Lipinski definition) is 3. The van der Waals surface area contributed by atoms with Gasteiger partial charge in [-0.25, -0.2) is 8.96 Å². The van der Waals surface area contributed by atoms with Gasteiger partial charge in [-0.05, 0) is 31.2 Å². The SMILES string of the molecule is Cc1cc(-c2cc[n+](CCCC(=O)c3ccc(F)cc3)cc2)on1. The first kappa shape index (κ1) is 16.1. The number of aromatic nitrogens is 2. The molecular weight excluding hydrogens is 307 g/mol. The Balaban J connectivity index is 1.53. The zero-order valence-corrected chi connectivity index (χ0v) is 13.4. The minimum Gasteiger partial charge on any atom is -0.356 e. The quantitative estimate of drug-likeness (QED) is 0.512. The molecule has 0 amide bonds. The van der Waals surface area contributed by atoms with Crippen LogP contribution in [0.4, 0.5) is 4.39 Å². The zero-order valence-electron chi connectivity index (χ0n) is 13.4. The highest BCUT2D eigenvalue weighted by Crippen LogP contribution is 2.18. The highest BCUT2D eigenvalue weighted by molar-refractivity contribution is 5.95. The number of carbonyl (C=O) groups excluding carboxylic acids is 1. The fourth-order valence-electron chi connectivity index (χ4n) is 2.47. The number of Topliss-reactive ketones (excluding diaryl/α,β-unsaturated/α-hetero) is 1. The number of benzene rings is 1. The van der Waals surface area contributed by atoms with Crippen molar-refractivity contribution in [1.82, 2.24) is 5.16 Å². The summed E-state index contributed by atoms with van der Waals surface area (Å²) in [4.78, 5) is 12.0. The van der Waals surface area contributed by atoms with Crippen molar-refractivity contribution in [3.8, 4) is 11.3 Å². The Hall–Kier alpha value is -2.82. The average molecular weight is 325 g/mol. The molecule has 0 saturated heterocycles. The number of rotatable bonds is 6. The van der Waals surface area contributed by atoms with E-state index in [4.69, 9.17) is 4.52 Å². The highest BCUT2D eigenvalue weighted by Gasteiger charge is 2.09. The van der Waals surface area contributed by atoms with Gasteiger partial charge < -0.3 is 4.52 Å². The van der Waals surface area contributed by atoms with Gasteiger partial charge in [-0.15, -0.1) is 0 Å². The van der Waals surface area contributed by atoms with E-state index < -0.39 is 0 Å². The Morgan fingerprint density at radius 2 is 1.88 bits per heavy atom. The van der Waals surface area contributed by atoms with E-state index in [1.54, 1.807) is 0 Å². The lowest BCUT2D eigenvalue weighted by molar-refractivity contribution is -0.697. The number of nitrogens with zero attached hydrogens (tertiary/aromatic N) is 2. The molecule has 0 radical (unpaired) electrons. The first-order valence-corrected chi connectivity index (χ1v) is 7.83. The maximum absolute atomic E-state index is 12.9. The lowest BCUT2D eigenvalue weighted by Gasteiger charge is -2.00. The van der Waals surface area contributed by atoms with Gasteiger partial charge in [0.15, 0.2) is 23.9 Å². The third-order valence-corrected chi connectivity index (χ3v) is 3.79. The molecule has 1 aromatic carbocycles. The van der Waals surface area contributed by atoms with Crippen LogP contribution in [0.1, 0.15) is 28.9 Å². The summed E-state index contributed by atoms with van der Waals surface area (Å²) in [6, 6.07) is 11.5. The van der Waals surface area contributed by atoms with Crippen molar-refractivity contribution < 1.29 is 18.3 Å². The molecule has 5 heteroatoms. The van der Waals surface area contributed by atoms with E-state index in [2.05, 4.69) is 5.16 Å². The van der Waals surface area contributed by atoms with Crippen molar-refractivity contribution in [3.63, 3.8) is 0 Å². The molecule has 0 bridgehead atoms. The summed E-state index contributed by atoms with van der Waals surface area (Å²) in [7, 11) is 0. The van der Waals surface area contributed by atoms with Crippen LogP contribution in [-0.2, 0) is 6.54 Å². The molecular formula is C19H18FN2O2+. The molecule has 3 aromatic rings. The first-order chi connectivity index (χ1) is 11.6. The molecule has 0 fully saturated rings. The van der Waals surface area contributed by atoms with Crippen LogP contribution in [0, 0.1) is 12.7 Å². The summed E-state index contributed by atoms with van der Waals surface area (Å²) < 4.78 is 20.1. The largest absolute Gasteiger partial charge is 0.356 e. The molecule has 0 spiro atoms.